The number of ether oxygens (including phenoxy) is 1. The summed E-state index contributed by atoms with van der Waals surface area (Å²) in [7, 11) is 1.41. The maximum atomic E-state index is 10.7. The van der Waals surface area contributed by atoms with Gasteiger partial charge in [-0.25, -0.2) is 0 Å². The Morgan fingerprint density at radius 1 is 1.70 bits per heavy atom. The molecular formula is C7H13NO2. The standard InChI is InChI=1S/C7H13NO2/c1-10-6(9)4-7(5-8)2-3-7/h2-5,8H2,1H3. The number of carbonyl (C=O) groups excluding carboxylic acids is 1. The molecule has 58 valence electrons. The number of esters is 1. The molecule has 10 heavy (non-hydrogen) atoms. The molecule has 3 heteroatoms. The van der Waals surface area contributed by atoms with Crippen molar-refractivity contribution in [2.45, 2.75) is 19.3 Å². The van der Waals surface area contributed by atoms with Gasteiger partial charge in [0.25, 0.3) is 0 Å². The summed E-state index contributed by atoms with van der Waals surface area (Å²) in [4.78, 5) is 10.7. The Bertz CT molecular complexity index is 141. The Morgan fingerprint density at radius 3 is 2.60 bits per heavy atom. The fourth-order valence-corrected chi connectivity index (χ4v) is 1.01. The molecule has 0 unspecified atom stereocenters. The van der Waals surface area contributed by atoms with Gasteiger partial charge in [0.2, 0.25) is 0 Å². The average molecular weight is 143 g/mol. The van der Waals surface area contributed by atoms with E-state index in [9.17, 15) is 4.79 Å². The van der Waals surface area contributed by atoms with Gasteiger partial charge in [0, 0.05) is 0 Å². The molecule has 1 aliphatic carbocycles. The van der Waals surface area contributed by atoms with Crippen molar-refractivity contribution in [2.75, 3.05) is 13.7 Å². The zero-order valence-corrected chi connectivity index (χ0v) is 6.22. The molecule has 0 radical (unpaired) electrons. The van der Waals surface area contributed by atoms with Crippen molar-refractivity contribution >= 4 is 5.97 Å². The highest BCUT2D eigenvalue weighted by atomic mass is 16.5. The number of carbonyl (C=O) groups is 1. The van der Waals surface area contributed by atoms with E-state index in [-0.39, 0.29) is 11.4 Å². The van der Waals surface area contributed by atoms with Crippen LogP contribution in [0.2, 0.25) is 0 Å². The first-order valence-corrected chi connectivity index (χ1v) is 3.49. The van der Waals surface area contributed by atoms with Gasteiger partial charge in [0.05, 0.1) is 13.5 Å². The van der Waals surface area contributed by atoms with Crippen molar-refractivity contribution < 1.29 is 9.53 Å². The highest BCUT2D eigenvalue weighted by Gasteiger charge is 2.43. The summed E-state index contributed by atoms with van der Waals surface area (Å²) < 4.78 is 4.53. The molecular weight excluding hydrogens is 130 g/mol. The van der Waals surface area contributed by atoms with Crippen LogP contribution in [-0.4, -0.2) is 19.6 Å². The van der Waals surface area contributed by atoms with Gasteiger partial charge in [-0.15, -0.1) is 0 Å². The molecule has 0 aromatic rings. The summed E-state index contributed by atoms with van der Waals surface area (Å²) >= 11 is 0. The second kappa shape index (κ2) is 2.58. The Kier molecular flexibility index (Phi) is 1.94. The number of rotatable bonds is 3. The minimum Gasteiger partial charge on any atom is -0.469 e. The van der Waals surface area contributed by atoms with E-state index in [0.717, 1.165) is 12.8 Å². The highest BCUT2D eigenvalue weighted by molar-refractivity contribution is 5.70. The first-order valence-electron chi connectivity index (χ1n) is 3.49. The van der Waals surface area contributed by atoms with E-state index < -0.39 is 0 Å². The molecule has 0 saturated heterocycles. The van der Waals surface area contributed by atoms with Gasteiger partial charge in [-0.3, -0.25) is 4.79 Å². The van der Waals surface area contributed by atoms with Gasteiger partial charge >= 0.3 is 5.97 Å². The van der Waals surface area contributed by atoms with Crippen LogP contribution in [0.4, 0.5) is 0 Å². The Labute approximate surface area is 60.5 Å². The maximum absolute atomic E-state index is 10.7. The van der Waals surface area contributed by atoms with Crippen LogP contribution >= 0.6 is 0 Å². The second-order valence-corrected chi connectivity index (χ2v) is 2.96. The lowest BCUT2D eigenvalue weighted by Gasteiger charge is -2.08. The molecule has 0 amide bonds. The molecule has 0 atom stereocenters. The Morgan fingerprint density at radius 2 is 2.30 bits per heavy atom. The summed E-state index contributed by atoms with van der Waals surface area (Å²) in [5, 5.41) is 0. The molecule has 0 bridgehead atoms. The van der Waals surface area contributed by atoms with Crippen LogP contribution in [0.3, 0.4) is 0 Å². The van der Waals surface area contributed by atoms with E-state index in [4.69, 9.17) is 5.73 Å². The van der Waals surface area contributed by atoms with Gasteiger partial charge in [-0.2, -0.15) is 0 Å². The van der Waals surface area contributed by atoms with Crippen LogP contribution in [0, 0.1) is 5.41 Å². The Balaban J connectivity index is 2.30. The molecule has 0 heterocycles. The van der Waals surface area contributed by atoms with E-state index in [0.29, 0.717) is 13.0 Å². The smallest absolute Gasteiger partial charge is 0.306 e. The van der Waals surface area contributed by atoms with E-state index >= 15 is 0 Å². The molecule has 3 nitrogen and oxygen atoms in total. The lowest BCUT2D eigenvalue weighted by Crippen LogP contribution is -2.19. The molecule has 1 rings (SSSR count). The van der Waals surface area contributed by atoms with E-state index in [2.05, 4.69) is 4.74 Å². The number of nitrogens with two attached hydrogens (primary N) is 1. The summed E-state index contributed by atoms with van der Waals surface area (Å²) in [6.07, 6.45) is 2.66. The molecule has 0 aromatic carbocycles. The van der Waals surface area contributed by atoms with Crippen LogP contribution < -0.4 is 5.73 Å². The van der Waals surface area contributed by atoms with Crippen LogP contribution in [0.1, 0.15) is 19.3 Å². The average Bonchev–Trinajstić information content (AvgIpc) is 2.70. The summed E-state index contributed by atoms with van der Waals surface area (Å²) in [6.45, 7) is 0.613. The third-order valence-corrected chi connectivity index (χ3v) is 2.14. The zero-order valence-electron chi connectivity index (χ0n) is 6.22. The van der Waals surface area contributed by atoms with Crippen LogP contribution in [0.15, 0.2) is 0 Å². The fraction of sp³-hybridized carbons (Fsp3) is 0.857. The predicted octanol–water partition coefficient (Wildman–Crippen LogP) is 0.288. The minimum atomic E-state index is -0.136. The summed E-state index contributed by atoms with van der Waals surface area (Å²) in [5.41, 5.74) is 5.58. The molecule has 2 N–H and O–H groups in total. The molecule has 0 aromatic heterocycles. The van der Waals surface area contributed by atoms with Gasteiger partial charge in [0.15, 0.2) is 0 Å². The van der Waals surface area contributed by atoms with Gasteiger partial charge < -0.3 is 10.5 Å². The Hall–Kier alpha value is -0.570. The van der Waals surface area contributed by atoms with Crippen molar-refractivity contribution in [2.24, 2.45) is 11.1 Å². The topological polar surface area (TPSA) is 52.3 Å². The predicted molar refractivity (Wildman–Crippen MR) is 37.4 cm³/mol. The summed E-state index contributed by atoms with van der Waals surface area (Å²) in [6, 6.07) is 0. The second-order valence-electron chi connectivity index (χ2n) is 2.96. The number of hydrogen-bond donors (Lipinski definition) is 1. The number of methoxy groups -OCH3 is 1. The third-order valence-electron chi connectivity index (χ3n) is 2.14. The van der Waals surface area contributed by atoms with E-state index in [1.165, 1.54) is 7.11 Å². The zero-order chi connectivity index (χ0) is 7.61. The minimum absolute atomic E-state index is 0.118. The monoisotopic (exact) mass is 143 g/mol. The van der Waals surface area contributed by atoms with Gasteiger partial charge in [0.1, 0.15) is 0 Å². The molecule has 1 aliphatic rings. The van der Waals surface area contributed by atoms with Crippen LogP contribution in [-0.2, 0) is 9.53 Å². The van der Waals surface area contributed by atoms with Crippen molar-refractivity contribution in [3.63, 3.8) is 0 Å². The molecule has 0 aliphatic heterocycles. The summed E-state index contributed by atoms with van der Waals surface area (Å²) in [5.74, 6) is -0.136. The first-order chi connectivity index (χ1) is 4.72. The van der Waals surface area contributed by atoms with Crippen molar-refractivity contribution in [3.8, 4) is 0 Å². The lowest BCUT2D eigenvalue weighted by molar-refractivity contribution is -0.141. The van der Waals surface area contributed by atoms with E-state index in [1.807, 2.05) is 0 Å². The largest absolute Gasteiger partial charge is 0.469 e. The highest BCUT2D eigenvalue weighted by Crippen LogP contribution is 2.47. The first kappa shape index (κ1) is 7.54. The van der Waals surface area contributed by atoms with Crippen LogP contribution in [0.5, 0.6) is 0 Å². The van der Waals surface area contributed by atoms with Crippen molar-refractivity contribution in [1.82, 2.24) is 0 Å². The number of hydrogen-bond acceptors (Lipinski definition) is 3. The molecule has 1 saturated carbocycles. The van der Waals surface area contributed by atoms with Crippen molar-refractivity contribution in [3.05, 3.63) is 0 Å². The van der Waals surface area contributed by atoms with Crippen LogP contribution in [0.25, 0.3) is 0 Å². The van der Waals surface area contributed by atoms with Crippen molar-refractivity contribution in [1.29, 1.82) is 0 Å². The molecule has 0 spiro atoms. The SMILES string of the molecule is COC(=O)CC1(CN)CC1. The van der Waals surface area contributed by atoms with E-state index in [1.54, 1.807) is 0 Å². The normalized spacial score (nSPS) is 20.2. The maximum Gasteiger partial charge on any atom is 0.306 e. The lowest BCUT2D eigenvalue weighted by atomic mass is 10.0. The van der Waals surface area contributed by atoms with Gasteiger partial charge in [-0.05, 0) is 24.8 Å². The van der Waals surface area contributed by atoms with Gasteiger partial charge in [-0.1, -0.05) is 0 Å². The quantitative estimate of drug-likeness (QED) is 0.578. The third kappa shape index (κ3) is 1.48. The fourth-order valence-electron chi connectivity index (χ4n) is 1.01. The molecule has 1 fully saturated rings.